The highest BCUT2D eigenvalue weighted by atomic mass is 35.5. The zero-order valence-corrected chi connectivity index (χ0v) is 6.84. The fraction of sp³-hybridized carbons (Fsp3) is 0. The molecule has 1 N–H and O–H groups in total. The Morgan fingerprint density at radius 3 is 2.91 bits per heavy atom. The van der Waals surface area contributed by atoms with E-state index in [1.54, 1.807) is 6.07 Å². The number of hydrogen-bond donors (Lipinski definition) is 1. The van der Waals surface area contributed by atoms with Crippen LogP contribution < -0.4 is 0 Å². The van der Waals surface area contributed by atoms with Gasteiger partial charge < -0.3 is 5.21 Å². The minimum Gasteiger partial charge on any atom is -0.410 e. The molecule has 0 saturated carbocycles. The molecule has 0 aliphatic heterocycles. The summed E-state index contributed by atoms with van der Waals surface area (Å²) >= 11 is 11.2. The summed E-state index contributed by atoms with van der Waals surface area (Å²) in [6.45, 7) is 0. The molecule has 0 saturated heterocycles. The van der Waals surface area contributed by atoms with Crippen molar-refractivity contribution in [2.24, 2.45) is 5.16 Å². The summed E-state index contributed by atoms with van der Waals surface area (Å²) in [4.78, 5) is 3.75. The van der Waals surface area contributed by atoms with E-state index < -0.39 is 0 Å². The van der Waals surface area contributed by atoms with Gasteiger partial charge in [0.1, 0.15) is 0 Å². The molecule has 3 nitrogen and oxygen atoms in total. The Bertz CT molecular complexity index is 288. The van der Waals surface area contributed by atoms with Crippen molar-refractivity contribution in [1.29, 1.82) is 0 Å². The summed E-state index contributed by atoms with van der Waals surface area (Å²) in [5.74, 6) is 0. The molecule has 0 bridgehead atoms. The third-order valence-electron chi connectivity index (χ3n) is 1.08. The second kappa shape index (κ2) is 3.55. The van der Waals surface area contributed by atoms with Gasteiger partial charge in [0.2, 0.25) is 0 Å². The zero-order valence-electron chi connectivity index (χ0n) is 5.33. The van der Waals surface area contributed by atoms with Crippen molar-refractivity contribution >= 4 is 28.4 Å². The van der Waals surface area contributed by atoms with Crippen LogP contribution in [0.15, 0.2) is 23.6 Å². The van der Waals surface area contributed by atoms with Gasteiger partial charge >= 0.3 is 0 Å². The van der Waals surface area contributed by atoms with Gasteiger partial charge in [-0.25, -0.2) is 0 Å². The number of halogens is 2. The van der Waals surface area contributed by atoms with E-state index in [1.165, 1.54) is 12.4 Å². The third kappa shape index (κ3) is 1.82. The Morgan fingerprint density at radius 2 is 2.36 bits per heavy atom. The van der Waals surface area contributed by atoms with Crippen molar-refractivity contribution < 1.29 is 5.21 Å². The van der Waals surface area contributed by atoms with Crippen molar-refractivity contribution in [3.63, 3.8) is 0 Å². The van der Waals surface area contributed by atoms with Crippen LogP contribution in [0.5, 0.6) is 0 Å². The van der Waals surface area contributed by atoms with Crippen LogP contribution in [0.1, 0.15) is 5.56 Å². The highest BCUT2D eigenvalue weighted by Crippen LogP contribution is 2.15. The summed E-state index contributed by atoms with van der Waals surface area (Å²) in [5.41, 5.74) is 0.415. The van der Waals surface area contributed by atoms with E-state index in [1.807, 2.05) is 0 Å². The maximum Gasteiger partial charge on any atom is 0.178 e. The lowest BCUT2D eigenvalue weighted by Gasteiger charge is -1.96. The predicted molar refractivity (Wildman–Crippen MR) is 43.4 cm³/mol. The largest absolute Gasteiger partial charge is 0.410 e. The van der Waals surface area contributed by atoms with Crippen LogP contribution in [-0.2, 0) is 0 Å². The molecular weight excluding hydrogens is 187 g/mol. The van der Waals surface area contributed by atoms with E-state index in [0.29, 0.717) is 10.6 Å². The Kier molecular flexibility index (Phi) is 2.68. The van der Waals surface area contributed by atoms with Crippen molar-refractivity contribution in [3.05, 3.63) is 29.0 Å². The molecule has 5 heteroatoms. The number of nitrogens with zero attached hydrogens (tertiary/aromatic N) is 2. The summed E-state index contributed by atoms with van der Waals surface area (Å²) in [7, 11) is 0. The van der Waals surface area contributed by atoms with Crippen LogP contribution >= 0.6 is 23.2 Å². The van der Waals surface area contributed by atoms with Crippen LogP contribution in [0.2, 0.25) is 5.02 Å². The van der Waals surface area contributed by atoms with Crippen LogP contribution in [0, 0.1) is 0 Å². The highest BCUT2D eigenvalue weighted by molar-refractivity contribution is 6.70. The van der Waals surface area contributed by atoms with Crippen LogP contribution in [0.25, 0.3) is 0 Å². The maximum atomic E-state index is 8.28. The molecule has 0 atom stereocenters. The van der Waals surface area contributed by atoms with E-state index >= 15 is 0 Å². The van der Waals surface area contributed by atoms with E-state index in [9.17, 15) is 0 Å². The predicted octanol–water partition coefficient (Wildman–Crippen LogP) is 2.11. The van der Waals surface area contributed by atoms with E-state index in [0.717, 1.165) is 0 Å². The standard InChI is InChI=1S/C6H4Cl2N2O/c7-5-1-2-9-3-4(5)6(8)10-11/h1-3,11H/b10-6+. The van der Waals surface area contributed by atoms with Crippen molar-refractivity contribution in [3.8, 4) is 0 Å². The lowest BCUT2D eigenvalue weighted by atomic mass is 10.3. The SMILES string of the molecule is O/N=C(/Cl)c1cnccc1Cl. The quantitative estimate of drug-likeness (QED) is 0.419. The molecular formula is C6H4Cl2N2O. The molecule has 0 fully saturated rings. The lowest BCUT2D eigenvalue weighted by molar-refractivity contribution is 0.321. The summed E-state index contributed by atoms with van der Waals surface area (Å²) < 4.78 is 0. The molecule has 1 aromatic heterocycles. The van der Waals surface area contributed by atoms with Gasteiger partial charge in [0.05, 0.1) is 10.6 Å². The second-order valence-electron chi connectivity index (χ2n) is 1.75. The number of pyridine rings is 1. The molecule has 11 heavy (non-hydrogen) atoms. The van der Waals surface area contributed by atoms with Gasteiger partial charge in [-0.2, -0.15) is 0 Å². The summed E-state index contributed by atoms with van der Waals surface area (Å²) in [6, 6.07) is 1.56. The molecule has 0 aromatic carbocycles. The number of aromatic nitrogens is 1. The molecule has 0 aliphatic rings. The minimum atomic E-state index is -0.0666. The summed E-state index contributed by atoms with van der Waals surface area (Å²) in [5, 5.41) is 11.4. The van der Waals surface area contributed by atoms with Gasteiger partial charge in [0, 0.05) is 12.4 Å². The first-order chi connectivity index (χ1) is 5.25. The Labute approximate surface area is 73.3 Å². The Balaban J connectivity index is 3.14. The molecule has 1 rings (SSSR count). The van der Waals surface area contributed by atoms with Crippen LogP contribution in [0.4, 0.5) is 0 Å². The van der Waals surface area contributed by atoms with Crippen LogP contribution in [-0.4, -0.2) is 15.4 Å². The first-order valence-electron chi connectivity index (χ1n) is 2.73. The van der Waals surface area contributed by atoms with Crippen molar-refractivity contribution in [2.45, 2.75) is 0 Å². The molecule has 1 aromatic rings. The van der Waals surface area contributed by atoms with E-state index in [-0.39, 0.29) is 5.17 Å². The fourth-order valence-electron chi connectivity index (χ4n) is 0.583. The topological polar surface area (TPSA) is 45.5 Å². The molecule has 0 amide bonds. The smallest absolute Gasteiger partial charge is 0.178 e. The van der Waals surface area contributed by atoms with E-state index in [4.69, 9.17) is 28.4 Å². The number of rotatable bonds is 1. The highest BCUT2D eigenvalue weighted by Gasteiger charge is 2.04. The van der Waals surface area contributed by atoms with Crippen molar-refractivity contribution in [2.75, 3.05) is 0 Å². The first kappa shape index (κ1) is 8.30. The third-order valence-corrected chi connectivity index (χ3v) is 1.69. The lowest BCUT2D eigenvalue weighted by Crippen LogP contribution is -1.92. The zero-order chi connectivity index (χ0) is 8.27. The number of hydrogen-bond acceptors (Lipinski definition) is 3. The summed E-state index contributed by atoms with van der Waals surface area (Å²) in [6.07, 6.45) is 2.94. The Morgan fingerprint density at radius 1 is 1.64 bits per heavy atom. The Hall–Kier alpha value is -0.800. The maximum absolute atomic E-state index is 8.28. The number of oxime groups is 1. The monoisotopic (exact) mass is 190 g/mol. The average molecular weight is 191 g/mol. The molecule has 0 radical (unpaired) electrons. The fourth-order valence-corrected chi connectivity index (χ4v) is 0.977. The van der Waals surface area contributed by atoms with Gasteiger partial charge in [-0.05, 0) is 6.07 Å². The van der Waals surface area contributed by atoms with E-state index in [2.05, 4.69) is 10.1 Å². The van der Waals surface area contributed by atoms with Gasteiger partial charge in [0.15, 0.2) is 5.17 Å². The second-order valence-corrected chi connectivity index (χ2v) is 2.51. The van der Waals surface area contributed by atoms with Crippen molar-refractivity contribution in [1.82, 2.24) is 4.98 Å². The molecule has 0 aliphatic carbocycles. The molecule has 1 heterocycles. The molecule has 58 valence electrons. The van der Waals surface area contributed by atoms with Gasteiger partial charge in [-0.15, -0.1) is 0 Å². The van der Waals surface area contributed by atoms with Gasteiger partial charge in [-0.1, -0.05) is 28.4 Å². The van der Waals surface area contributed by atoms with Gasteiger partial charge in [-0.3, -0.25) is 4.98 Å². The molecule has 0 spiro atoms. The molecule has 0 unspecified atom stereocenters. The minimum absolute atomic E-state index is 0.0666. The van der Waals surface area contributed by atoms with Gasteiger partial charge in [0.25, 0.3) is 0 Å². The average Bonchev–Trinajstić information content (AvgIpc) is 2.04. The normalized spacial score (nSPS) is 11.6. The first-order valence-corrected chi connectivity index (χ1v) is 3.48. The van der Waals surface area contributed by atoms with Crippen LogP contribution in [0.3, 0.4) is 0 Å².